The molecule has 0 N–H and O–H groups in total. The van der Waals surface area contributed by atoms with Gasteiger partial charge in [0.05, 0.1) is 0 Å². The molecule has 5 aromatic carbocycles. The summed E-state index contributed by atoms with van der Waals surface area (Å²) in [4.78, 5) is 0. The van der Waals surface area contributed by atoms with Gasteiger partial charge in [-0.15, -0.1) is 0 Å². The summed E-state index contributed by atoms with van der Waals surface area (Å²) in [6.07, 6.45) is 4.86. The quantitative estimate of drug-likeness (QED) is 0.262. The van der Waals surface area contributed by atoms with Crippen molar-refractivity contribution in [1.82, 2.24) is 0 Å². The Morgan fingerprint density at radius 3 is 1.79 bits per heavy atom. The zero-order valence-corrected chi connectivity index (χ0v) is 33.2. The summed E-state index contributed by atoms with van der Waals surface area (Å²) in [6.45, 7) is 18.8. The van der Waals surface area contributed by atoms with E-state index < -0.39 is 0 Å². The zero-order valence-electron chi connectivity index (χ0n) is 29.2. The topological polar surface area (TPSA) is 0 Å². The van der Waals surface area contributed by atoms with Crippen molar-refractivity contribution in [2.24, 2.45) is 0 Å². The summed E-state index contributed by atoms with van der Waals surface area (Å²) < 4.78 is 1.49. The average molecular weight is 746 g/mol. The van der Waals surface area contributed by atoms with Crippen LogP contribution in [0.2, 0.25) is 0 Å². The smallest absolute Gasteiger partial charge is 1.00 e. The molecule has 3 heteroatoms. The Kier molecular flexibility index (Phi) is 10.1. The van der Waals surface area contributed by atoms with E-state index >= 15 is 0 Å². The summed E-state index contributed by atoms with van der Waals surface area (Å²) >= 11 is 1.47. The van der Waals surface area contributed by atoms with Crippen LogP contribution in [-0.2, 0) is 35.5 Å². The fourth-order valence-corrected chi connectivity index (χ4v) is 8.90. The van der Waals surface area contributed by atoms with Gasteiger partial charge in [0.2, 0.25) is 0 Å². The van der Waals surface area contributed by atoms with Crippen molar-refractivity contribution in [3.05, 3.63) is 169 Å². The molecule has 0 heterocycles. The Morgan fingerprint density at radius 2 is 1.23 bits per heavy atom. The number of hydrogen-bond donors (Lipinski definition) is 0. The third-order valence-corrected chi connectivity index (χ3v) is 11.4. The van der Waals surface area contributed by atoms with Crippen molar-refractivity contribution in [3.63, 3.8) is 0 Å². The minimum Gasteiger partial charge on any atom is -1.00 e. The number of halogens is 2. The summed E-state index contributed by atoms with van der Waals surface area (Å²) in [5.74, 6) is 0.192. The second kappa shape index (κ2) is 13.4. The van der Waals surface area contributed by atoms with Crippen molar-refractivity contribution in [1.29, 1.82) is 0 Å². The van der Waals surface area contributed by atoms with Crippen LogP contribution < -0.4 is 35.3 Å². The molecule has 2 aliphatic carbocycles. The van der Waals surface area contributed by atoms with Crippen LogP contribution in [0.15, 0.2) is 103 Å². The molecule has 0 aromatic heterocycles. The van der Waals surface area contributed by atoms with E-state index in [1.165, 1.54) is 111 Å². The minimum atomic E-state index is -0.107. The normalized spacial score (nSPS) is 14.5. The Bertz CT molecular complexity index is 2140. The second-order valence-corrected chi connectivity index (χ2v) is 16.5. The first-order chi connectivity index (χ1) is 21.9. The second-order valence-electron chi connectivity index (χ2n) is 15.2. The van der Waals surface area contributed by atoms with Crippen LogP contribution in [0, 0.1) is 13.8 Å². The van der Waals surface area contributed by atoms with Crippen molar-refractivity contribution in [2.75, 3.05) is 0 Å². The van der Waals surface area contributed by atoms with Crippen LogP contribution in [-0.4, -0.2) is 0 Å². The molecule has 0 radical (unpaired) electrons. The Hall–Kier alpha value is -2.96. The maximum Gasteiger partial charge on any atom is -1.00 e. The molecule has 5 aromatic rings. The predicted octanol–water partition coefficient (Wildman–Crippen LogP) is 4.00. The first-order valence-corrected chi connectivity index (χ1v) is 17.8. The number of allylic oxidation sites excluding steroid dienone is 1. The average Bonchev–Trinajstić information content (AvgIpc) is 3.58. The Balaban J connectivity index is 0.00000225. The number of fused-ring (bicyclic) bond motifs is 4. The molecule has 1 atom stereocenters. The van der Waals surface area contributed by atoms with Gasteiger partial charge in [0.1, 0.15) is 0 Å². The van der Waals surface area contributed by atoms with Crippen LogP contribution in [0.5, 0.6) is 0 Å². The van der Waals surface area contributed by atoms with Crippen molar-refractivity contribution >= 4 is 14.9 Å². The van der Waals surface area contributed by atoms with Crippen molar-refractivity contribution in [2.45, 2.75) is 72.1 Å². The van der Waals surface area contributed by atoms with Crippen LogP contribution in [0.25, 0.3) is 26.1 Å². The van der Waals surface area contributed by atoms with E-state index in [2.05, 4.69) is 165 Å². The molecule has 2 aliphatic rings. The van der Waals surface area contributed by atoms with E-state index in [1.807, 2.05) is 0 Å². The van der Waals surface area contributed by atoms with E-state index in [1.54, 1.807) is 0 Å². The molecule has 241 valence electrons. The fraction of sp³-hybridized carbons (Fsp3) is 0.244. The molecule has 0 nitrogen and oxygen atoms in total. The molecule has 0 aliphatic heterocycles. The molecular weight excluding hydrogens is 703 g/mol. The van der Waals surface area contributed by atoms with Gasteiger partial charge in [-0.1, -0.05) is 0 Å². The molecule has 0 amide bonds. The Labute approximate surface area is 314 Å². The van der Waals surface area contributed by atoms with E-state index in [9.17, 15) is 0 Å². The van der Waals surface area contributed by atoms with E-state index in [0.29, 0.717) is 0 Å². The monoisotopic (exact) mass is 743 g/mol. The van der Waals surface area contributed by atoms with Crippen LogP contribution >= 0.6 is 0 Å². The summed E-state index contributed by atoms with van der Waals surface area (Å²) in [7, 11) is 0. The first-order valence-electron chi connectivity index (χ1n) is 16.6. The van der Waals surface area contributed by atoms with Crippen molar-refractivity contribution in [3.8, 4) is 11.1 Å². The third kappa shape index (κ3) is 6.06. The van der Waals surface area contributed by atoms with Gasteiger partial charge in [0.15, 0.2) is 0 Å². The van der Waals surface area contributed by atoms with Crippen molar-refractivity contribution < 1.29 is 49.5 Å². The van der Waals surface area contributed by atoms with Gasteiger partial charge >= 0.3 is 292 Å². The van der Waals surface area contributed by atoms with Gasteiger partial charge in [0.25, 0.3) is 0 Å². The maximum atomic E-state index is 2.56. The molecule has 1 unspecified atom stereocenters. The number of aryl methyl sites for hydroxylation is 1. The molecule has 0 fully saturated rings. The number of rotatable bonds is 3. The zero-order chi connectivity index (χ0) is 32.5. The number of hydrogen-bond acceptors (Lipinski definition) is 0. The number of benzene rings is 5. The van der Waals surface area contributed by atoms with Crippen LogP contribution in [0.4, 0.5) is 0 Å². The molecule has 48 heavy (non-hydrogen) atoms. The van der Waals surface area contributed by atoms with Gasteiger partial charge in [-0.25, -0.2) is 0 Å². The molecule has 0 spiro atoms. The van der Waals surface area contributed by atoms with E-state index in [0.717, 1.165) is 0 Å². The van der Waals surface area contributed by atoms with Gasteiger partial charge in [0, 0.05) is 0 Å². The van der Waals surface area contributed by atoms with Gasteiger partial charge in [-0.3, -0.25) is 0 Å². The van der Waals surface area contributed by atoms with Gasteiger partial charge in [-0.05, 0) is 0 Å². The fourth-order valence-electron chi connectivity index (χ4n) is 7.73. The minimum absolute atomic E-state index is 0. The largest absolute Gasteiger partial charge is 1.00 e. The molecule has 7 rings (SSSR count). The SMILES string of the molecule is Cc1ccc2c(c1C)C(c1c(C(C)(C)C)c(=C(c3ccccc3)c3ccccc3)cc3c1=[C]([Zr+2])c1cc(C(C)(C)C)ccc1-3)C=C2.[Cl-].[Cl-]. The standard InChI is InChI=1S/C45H43.2ClH.Zr/c1-28-19-20-32-21-23-36(40(32)29(28)2)42-38-26-33-25-34(44(3,4)5)22-24-35(33)37(38)27-39(43(42)45(6,7)8)41(30-15-11-9-12-16-30)31-17-13-10-14-18-31;;;/h9-25,27,36H,1-8H3;2*1H;/q;;;+2/p-2. The summed E-state index contributed by atoms with van der Waals surface area (Å²) in [5.41, 5.74) is 18.0. The first kappa shape index (κ1) is 36.3. The molecule has 0 saturated heterocycles. The third-order valence-electron chi connectivity index (χ3n) is 10.1. The maximum absolute atomic E-state index is 2.56. The van der Waals surface area contributed by atoms with Crippen LogP contribution in [0.1, 0.15) is 103 Å². The molecule has 0 bridgehead atoms. The Morgan fingerprint density at radius 1 is 0.625 bits per heavy atom. The summed E-state index contributed by atoms with van der Waals surface area (Å²) in [6, 6.07) is 36.5. The van der Waals surface area contributed by atoms with E-state index in [-0.39, 0.29) is 41.6 Å². The summed E-state index contributed by atoms with van der Waals surface area (Å²) in [5, 5.41) is 2.82. The van der Waals surface area contributed by atoms with E-state index in [4.69, 9.17) is 0 Å². The predicted molar refractivity (Wildman–Crippen MR) is 192 cm³/mol. The van der Waals surface area contributed by atoms with Gasteiger partial charge in [-0.2, -0.15) is 0 Å². The molecular formula is C45H43Cl2Zr. The van der Waals surface area contributed by atoms with Crippen LogP contribution in [0.3, 0.4) is 0 Å². The molecule has 0 saturated carbocycles. The van der Waals surface area contributed by atoms with Gasteiger partial charge < -0.3 is 24.8 Å².